The van der Waals surface area contributed by atoms with Gasteiger partial charge in [-0.25, -0.2) is 4.79 Å². The standard InChI is InChI=1S/C42H51NO8/c44-42(45)43-26-38(31-46-20-8-22-50-40-13-6-7-21-49-40)41(39(27-43)51-30-34-16-17-35-11-4-5-12-37(35)25-34)36-18-14-33(15-19-36)29-48-24-23-47-28-32-9-2-1-3-10-32/h1-5,9-12,14-19,25,38-41H,6-8,13,20-24,26-31H2,(H,44,45). The molecule has 2 aliphatic rings. The Morgan fingerprint density at radius 1 is 0.706 bits per heavy atom. The van der Waals surface area contributed by atoms with Crippen LogP contribution in [0.4, 0.5) is 4.79 Å². The Balaban J connectivity index is 1.08. The number of rotatable bonds is 18. The molecule has 0 aliphatic carbocycles. The predicted molar refractivity (Wildman–Crippen MR) is 196 cm³/mol. The molecule has 4 aromatic carbocycles. The van der Waals surface area contributed by atoms with Gasteiger partial charge in [-0.15, -0.1) is 0 Å². The van der Waals surface area contributed by atoms with E-state index in [0.717, 1.165) is 59.9 Å². The second-order valence-electron chi connectivity index (χ2n) is 13.4. The van der Waals surface area contributed by atoms with Crippen LogP contribution in [0.5, 0.6) is 0 Å². The first-order valence-electron chi connectivity index (χ1n) is 18.3. The molecule has 0 radical (unpaired) electrons. The molecule has 0 aromatic heterocycles. The molecule has 2 heterocycles. The van der Waals surface area contributed by atoms with Gasteiger partial charge in [-0.1, -0.05) is 91.0 Å². The van der Waals surface area contributed by atoms with Crippen molar-refractivity contribution in [3.8, 4) is 0 Å². The number of nitrogens with zero attached hydrogens (tertiary/aromatic N) is 1. The molecule has 0 saturated carbocycles. The van der Waals surface area contributed by atoms with Gasteiger partial charge in [-0.05, 0) is 64.8 Å². The lowest BCUT2D eigenvalue weighted by Gasteiger charge is -2.43. The summed E-state index contributed by atoms with van der Waals surface area (Å²) in [4.78, 5) is 13.8. The molecule has 9 heteroatoms. The van der Waals surface area contributed by atoms with E-state index in [-0.39, 0.29) is 30.8 Å². The Morgan fingerprint density at radius 3 is 2.18 bits per heavy atom. The van der Waals surface area contributed by atoms with Gasteiger partial charge in [0.25, 0.3) is 0 Å². The quantitative estimate of drug-likeness (QED) is 0.105. The third-order valence-electron chi connectivity index (χ3n) is 9.64. The van der Waals surface area contributed by atoms with E-state index < -0.39 is 6.09 Å². The highest BCUT2D eigenvalue weighted by Crippen LogP contribution is 2.36. The van der Waals surface area contributed by atoms with Crippen LogP contribution in [0.15, 0.2) is 97.1 Å². The van der Waals surface area contributed by atoms with Gasteiger partial charge >= 0.3 is 6.09 Å². The van der Waals surface area contributed by atoms with Gasteiger partial charge in [0.1, 0.15) is 0 Å². The molecule has 0 bridgehead atoms. The Bertz CT molecular complexity index is 1610. The molecule has 4 aromatic rings. The Hall–Kier alpha value is -3.83. The molecule has 4 unspecified atom stereocenters. The first-order valence-corrected chi connectivity index (χ1v) is 18.3. The average Bonchev–Trinajstić information content (AvgIpc) is 3.17. The Kier molecular flexibility index (Phi) is 14.3. The van der Waals surface area contributed by atoms with E-state index in [1.54, 1.807) is 0 Å². The Morgan fingerprint density at radius 2 is 1.43 bits per heavy atom. The summed E-state index contributed by atoms with van der Waals surface area (Å²) in [5, 5.41) is 12.4. The molecule has 6 rings (SSSR count). The zero-order chi connectivity index (χ0) is 35.1. The van der Waals surface area contributed by atoms with E-state index in [1.165, 1.54) is 10.3 Å². The van der Waals surface area contributed by atoms with E-state index in [0.29, 0.717) is 59.4 Å². The number of likely N-dealkylation sites (tertiary alicyclic amines) is 1. The van der Waals surface area contributed by atoms with Crippen LogP contribution in [0.2, 0.25) is 0 Å². The summed E-state index contributed by atoms with van der Waals surface area (Å²) in [6.07, 6.45) is 2.48. The smallest absolute Gasteiger partial charge is 0.407 e. The molecule has 0 spiro atoms. The first-order chi connectivity index (χ1) is 25.1. The van der Waals surface area contributed by atoms with Gasteiger partial charge in [0.2, 0.25) is 0 Å². The number of amides is 1. The molecule has 2 fully saturated rings. The van der Waals surface area contributed by atoms with Gasteiger partial charge in [0.15, 0.2) is 6.29 Å². The molecule has 2 saturated heterocycles. The lowest BCUT2D eigenvalue weighted by molar-refractivity contribution is -0.164. The fourth-order valence-corrected chi connectivity index (χ4v) is 6.95. The number of piperidine rings is 1. The number of benzene rings is 4. The molecule has 1 amide bonds. The molecular weight excluding hydrogens is 646 g/mol. The summed E-state index contributed by atoms with van der Waals surface area (Å²) < 4.78 is 36.1. The van der Waals surface area contributed by atoms with Crippen molar-refractivity contribution in [2.45, 2.75) is 63.8 Å². The Labute approximate surface area is 301 Å². The largest absolute Gasteiger partial charge is 0.465 e. The molecule has 1 N–H and O–H groups in total. The highest BCUT2D eigenvalue weighted by Gasteiger charge is 2.40. The maximum absolute atomic E-state index is 12.3. The van der Waals surface area contributed by atoms with Crippen molar-refractivity contribution < 1.29 is 38.3 Å². The number of carboxylic acid groups (broad SMARTS) is 1. The minimum absolute atomic E-state index is 0.0608. The van der Waals surface area contributed by atoms with E-state index in [2.05, 4.69) is 54.6 Å². The number of fused-ring (bicyclic) bond motifs is 1. The van der Waals surface area contributed by atoms with Crippen LogP contribution in [0.1, 0.15) is 53.9 Å². The minimum Gasteiger partial charge on any atom is -0.465 e. The van der Waals surface area contributed by atoms with Crippen molar-refractivity contribution in [3.05, 3.63) is 119 Å². The van der Waals surface area contributed by atoms with Gasteiger partial charge in [-0.3, -0.25) is 0 Å². The first kappa shape index (κ1) is 36.9. The van der Waals surface area contributed by atoms with Crippen LogP contribution in [-0.4, -0.2) is 81.2 Å². The van der Waals surface area contributed by atoms with Gasteiger partial charge in [0.05, 0.1) is 58.9 Å². The maximum atomic E-state index is 12.3. The average molecular weight is 698 g/mol. The van der Waals surface area contributed by atoms with E-state index >= 15 is 0 Å². The summed E-state index contributed by atoms with van der Waals surface area (Å²) in [6.45, 7) is 5.38. The third kappa shape index (κ3) is 11.3. The van der Waals surface area contributed by atoms with Crippen LogP contribution in [0.25, 0.3) is 10.8 Å². The van der Waals surface area contributed by atoms with Gasteiger partial charge in [0, 0.05) is 31.6 Å². The summed E-state index contributed by atoms with van der Waals surface area (Å²) in [6, 6.07) is 33.1. The lowest BCUT2D eigenvalue weighted by Crippen LogP contribution is -2.52. The second-order valence-corrected chi connectivity index (χ2v) is 13.4. The van der Waals surface area contributed by atoms with E-state index in [1.807, 2.05) is 42.5 Å². The lowest BCUT2D eigenvalue weighted by atomic mass is 9.78. The van der Waals surface area contributed by atoms with Crippen LogP contribution in [0.3, 0.4) is 0 Å². The molecule has 4 atom stereocenters. The summed E-state index contributed by atoms with van der Waals surface area (Å²) in [5.41, 5.74) is 4.36. The molecule has 51 heavy (non-hydrogen) atoms. The molecular formula is C42H51NO8. The third-order valence-corrected chi connectivity index (χ3v) is 9.64. The number of hydrogen-bond donors (Lipinski definition) is 1. The molecule has 9 nitrogen and oxygen atoms in total. The van der Waals surface area contributed by atoms with Crippen molar-refractivity contribution in [1.82, 2.24) is 4.90 Å². The van der Waals surface area contributed by atoms with Gasteiger partial charge in [-0.2, -0.15) is 0 Å². The van der Waals surface area contributed by atoms with Crippen molar-refractivity contribution in [2.24, 2.45) is 5.92 Å². The fourth-order valence-electron chi connectivity index (χ4n) is 6.95. The van der Waals surface area contributed by atoms with Crippen LogP contribution in [0, 0.1) is 5.92 Å². The topological polar surface area (TPSA) is 95.9 Å². The van der Waals surface area contributed by atoms with Crippen LogP contribution in [-0.2, 0) is 48.2 Å². The normalized spacial score (nSPS) is 20.8. The van der Waals surface area contributed by atoms with Crippen LogP contribution < -0.4 is 0 Å². The molecule has 272 valence electrons. The zero-order valence-corrected chi connectivity index (χ0v) is 29.4. The minimum atomic E-state index is -0.945. The van der Waals surface area contributed by atoms with Crippen molar-refractivity contribution in [1.29, 1.82) is 0 Å². The highest BCUT2D eigenvalue weighted by molar-refractivity contribution is 5.82. The monoisotopic (exact) mass is 697 g/mol. The fraction of sp³-hybridized carbons (Fsp3) is 0.452. The number of carbonyl (C=O) groups is 1. The molecule has 2 aliphatic heterocycles. The second kappa shape index (κ2) is 19.7. The number of ether oxygens (including phenoxy) is 6. The van der Waals surface area contributed by atoms with Crippen molar-refractivity contribution in [3.63, 3.8) is 0 Å². The van der Waals surface area contributed by atoms with E-state index in [9.17, 15) is 9.90 Å². The van der Waals surface area contributed by atoms with Crippen LogP contribution >= 0.6 is 0 Å². The summed E-state index contributed by atoms with van der Waals surface area (Å²) >= 11 is 0. The van der Waals surface area contributed by atoms with Crippen molar-refractivity contribution >= 4 is 16.9 Å². The summed E-state index contributed by atoms with van der Waals surface area (Å²) in [7, 11) is 0. The zero-order valence-electron chi connectivity index (χ0n) is 29.4. The van der Waals surface area contributed by atoms with Crippen molar-refractivity contribution in [2.75, 3.05) is 52.7 Å². The summed E-state index contributed by atoms with van der Waals surface area (Å²) in [5.74, 6) is -0.155. The number of hydrogen-bond acceptors (Lipinski definition) is 7. The SMILES string of the molecule is O=C(O)N1CC(COCCCOC2CCCCO2)C(c2ccc(COCCOCc3ccccc3)cc2)C(OCc2ccc3ccccc3c2)C1. The van der Waals surface area contributed by atoms with E-state index in [4.69, 9.17) is 28.4 Å². The van der Waals surface area contributed by atoms with Gasteiger partial charge < -0.3 is 38.4 Å². The predicted octanol–water partition coefficient (Wildman–Crippen LogP) is 7.80. The maximum Gasteiger partial charge on any atom is 0.407 e. The highest BCUT2D eigenvalue weighted by atomic mass is 16.7.